The standard InChI is InChI=1S/C14H20N/c1-2-4-14(5-3-1)12-15-9-6-13(7-10-15)8-11-15/h1-5,13H,6-12H2/q+1. The number of hydrogen-bond acceptors (Lipinski definition) is 0. The van der Waals surface area contributed by atoms with E-state index in [1.54, 1.807) is 0 Å². The van der Waals surface area contributed by atoms with Crippen molar-refractivity contribution in [3.63, 3.8) is 0 Å². The van der Waals surface area contributed by atoms with E-state index >= 15 is 0 Å². The monoisotopic (exact) mass is 202 g/mol. The average molecular weight is 202 g/mol. The molecule has 2 bridgehead atoms. The van der Waals surface area contributed by atoms with Crippen LogP contribution in [0.2, 0.25) is 0 Å². The van der Waals surface area contributed by atoms with Gasteiger partial charge in [-0.1, -0.05) is 30.3 Å². The fraction of sp³-hybridized carbons (Fsp3) is 0.571. The van der Waals surface area contributed by atoms with Crippen molar-refractivity contribution in [3.8, 4) is 0 Å². The van der Waals surface area contributed by atoms with Gasteiger partial charge in [-0.15, -0.1) is 0 Å². The van der Waals surface area contributed by atoms with Crippen molar-refractivity contribution >= 4 is 0 Å². The van der Waals surface area contributed by atoms with Gasteiger partial charge in [0, 0.05) is 5.56 Å². The van der Waals surface area contributed by atoms with Crippen LogP contribution < -0.4 is 0 Å². The first-order chi connectivity index (χ1) is 7.36. The molecular weight excluding hydrogens is 182 g/mol. The lowest BCUT2D eigenvalue weighted by molar-refractivity contribution is -0.955. The summed E-state index contributed by atoms with van der Waals surface area (Å²) in [6.07, 6.45) is 4.44. The lowest BCUT2D eigenvalue weighted by Gasteiger charge is -2.49. The molecule has 0 radical (unpaired) electrons. The summed E-state index contributed by atoms with van der Waals surface area (Å²) < 4.78 is 1.38. The highest BCUT2D eigenvalue weighted by molar-refractivity contribution is 5.13. The van der Waals surface area contributed by atoms with Gasteiger partial charge in [0.05, 0.1) is 19.6 Å². The maximum Gasteiger partial charge on any atom is 0.104 e. The molecule has 3 saturated heterocycles. The largest absolute Gasteiger partial charge is 0.320 e. The molecule has 3 fully saturated rings. The molecule has 3 heterocycles. The van der Waals surface area contributed by atoms with Crippen molar-refractivity contribution in [2.75, 3.05) is 19.6 Å². The summed E-state index contributed by atoms with van der Waals surface area (Å²) in [5, 5.41) is 0. The topological polar surface area (TPSA) is 0 Å². The summed E-state index contributed by atoms with van der Waals surface area (Å²) in [6, 6.07) is 11.0. The molecule has 0 aromatic heterocycles. The zero-order valence-corrected chi connectivity index (χ0v) is 9.36. The first-order valence-corrected chi connectivity index (χ1v) is 6.25. The molecule has 0 aliphatic carbocycles. The van der Waals surface area contributed by atoms with Crippen LogP contribution in [0.1, 0.15) is 24.8 Å². The maximum absolute atomic E-state index is 2.29. The van der Waals surface area contributed by atoms with Gasteiger partial charge in [-0.3, -0.25) is 0 Å². The van der Waals surface area contributed by atoms with E-state index in [-0.39, 0.29) is 0 Å². The SMILES string of the molecule is c1ccc(C[N+]23CCC(CC2)CC3)cc1. The Morgan fingerprint density at radius 3 is 2.13 bits per heavy atom. The molecule has 15 heavy (non-hydrogen) atoms. The minimum absolute atomic E-state index is 1.07. The van der Waals surface area contributed by atoms with Gasteiger partial charge in [0.1, 0.15) is 6.54 Å². The van der Waals surface area contributed by atoms with Crippen molar-refractivity contribution in [2.24, 2.45) is 5.92 Å². The van der Waals surface area contributed by atoms with Crippen LogP contribution in [-0.4, -0.2) is 24.1 Å². The predicted octanol–water partition coefficient (Wildman–Crippen LogP) is 2.82. The van der Waals surface area contributed by atoms with E-state index in [9.17, 15) is 0 Å². The summed E-state index contributed by atoms with van der Waals surface area (Å²) in [5.74, 6) is 1.07. The first-order valence-electron chi connectivity index (χ1n) is 6.25. The highest BCUT2D eigenvalue weighted by Gasteiger charge is 2.39. The van der Waals surface area contributed by atoms with Crippen LogP contribution in [0.25, 0.3) is 0 Å². The Morgan fingerprint density at radius 2 is 1.53 bits per heavy atom. The summed E-state index contributed by atoms with van der Waals surface area (Å²) in [4.78, 5) is 0. The smallest absolute Gasteiger partial charge is 0.104 e. The van der Waals surface area contributed by atoms with E-state index in [2.05, 4.69) is 30.3 Å². The minimum Gasteiger partial charge on any atom is -0.320 e. The third-order valence-corrected chi connectivity index (χ3v) is 4.40. The molecular formula is C14H20N+. The highest BCUT2D eigenvalue weighted by Crippen LogP contribution is 2.34. The average Bonchev–Trinajstić information content (AvgIpc) is 2.32. The Labute approximate surface area is 92.3 Å². The molecule has 3 aliphatic heterocycles. The number of fused-ring (bicyclic) bond motifs is 3. The number of hydrogen-bond donors (Lipinski definition) is 0. The molecule has 1 aromatic carbocycles. The van der Waals surface area contributed by atoms with Crippen molar-refractivity contribution in [1.82, 2.24) is 0 Å². The van der Waals surface area contributed by atoms with Crippen molar-refractivity contribution in [2.45, 2.75) is 25.8 Å². The second-order valence-corrected chi connectivity index (χ2v) is 5.39. The van der Waals surface area contributed by atoms with Crippen LogP contribution in [0.3, 0.4) is 0 Å². The Kier molecular flexibility index (Phi) is 2.28. The molecule has 1 nitrogen and oxygen atoms in total. The molecule has 0 N–H and O–H groups in total. The summed E-state index contributed by atoms with van der Waals surface area (Å²) >= 11 is 0. The van der Waals surface area contributed by atoms with E-state index < -0.39 is 0 Å². The van der Waals surface area contributed by atoms with Gasteiger partial charge < -0.3 is 4.48 Å². The van der Waals surface area contributed by atoms with Crippen molar-refractivity contribution in [3.05, 3.63) is 35.9 Å². The van der Waals surface area contributed by atoms with Gasteiger partial charge >= 0.3 is 0 Å². The highest BCUT2D eigenvalue weighted by atomic mass is 15.4. The minimum atomic E-state index is 1.07. The molecule has 0 spiro atoms. The maximum atomic E-state index is 2.29. The molecule has 1 heteroatoms. The fourth-order valence-electron chi connectivity index (χ4n) is 3.35. The van der Waals surface area contributed by atoms with Gasteiger partial charge in [0.15, 0.2) is 0 Å². The molecule has 0 amide bonds. The van der Waals surface area contributed by atoms with E-state index in [4.69, 9.17) is 0 Å². The molecule has 0 unspecified atom stereocenters. The van der Waals surface area contributed by atoms with Gasteiger partial charge in [-0.25, -0.2) is 0 Å². The zero-order chi connectivity index (χ0) is 10.1. The van der Waals surface area contributed by atoms with E-state index in [0.29, 0.717) is 0 Å². The zero-order valence-electron chi connectivity index (χ0n) is 9.36. The molecule has 3 aliphatic rings. The normalized spacial score (nSPS) is 34.3. The summed E-state index contributed by atoms with van der Waals surface area (Å²) in [7, 11) is 0. The Bertz CT molecular complexity index is 309. The van der Waals surface area contributed by atoms with Crippen LogP contribution >= 0.6 is 0 Å². The predicted molar refractivity (Wildman–Crippen MR) is 62.3 cm³/mol. The second kappa shape index (κ2) is 3.64. The Balaban J connectivity index is 1.76. The van der Waals surface area contributed by atoms with Crippen molar-refractivity contribution in [1.29, 1.82) is 0 Å². The Hall–Kier alpha value is -0.820. The molecule has 1 aromatic rings. The van der Waals surface area contributed by atoms with E-state index in [0.717, 1.165) is 5.92 Å². The second-order valence-electron chi connectivity index (χ2n) is 5.39. The fourth-order valence-corrected chi connectivity index (χ4v) is 3.35. The third kappa shape index (κ3) is 1.81. The van der Waals surface area contributed by atoms with E-state index in [1.165, 1.54) is 55.5 Å². The summed E-state index contributed by atoms with van der Waals surface area (Å²) in [5.41, 5.74) is 1.53. The Morgan fingerprint density at radius 1 is 0.933 bits per heavy atom. The van der Waals surface area contributed by atoms with Crippen LogP contribution in [0, 0.1) is 5.92 Å². The number of benzene rings is 1. The number of piperidine rings is 3. The number of nitrogens with zero attached hydrogens (tertiary/aromatic N) is 1. The van der Waals surface area contributed by atoms with Crippen molar-refractivity contribution < 1.29 is 4.48 Å². The molecule has 4 rings (SSSR count). The molecule has 80 valence electrons. The number of quaternary nitrogens is 1. The summed E-state index contributed by atoms with van der Waals surface area (Å²) in [6.45, 7) is 5.56. The van der Waals surface area contributed by atoms with Crippen LogP contribution in [-0.2, 0) is 6.54 Å². The van der Waals surface area contributed by atoms with Gasteiger partial charge in [0.25, 0.3) is 0 Å². The van der Waals surface area contributed by atoms with Gasteiger partial charge in [-0.05, 0) is 25.2 Å². The third-order valence-electron chi connectivity index (χ3n) is 4.40. The quantitative estimate of drug-likeness (QED) is 0.647. The van der Waals surface area contributed by atoms with Crippen LogP contribution in [0.5, 0.6) is 0 Å². The van der Waals surface area contributed by atoms with Crippen LogP contribution in [0.15, 0.2) is 30.3 Å². The first kappa shape index (κ1) is 9.41. The van der Waals surface area contributed by atoms with E-state index in [1.807, 2.05) is 0 Å². The number of rotatable bonds is 2. The molecule has 0 atom stereocenters. The lowest BCUT2D eigenvalue weighted by atomic mass is 9.85. The molecule has 0 saturated carbocycles. The van der Waals surface area contributed by atoms with Gasteiger partial charge in [0.2, 0.25) is 0 Å². The van der Waals surface area contributed by atoms with Crippen LogP contribution in [0.4, 0.5) is 0 Å². The lowest BCUT2D eigenvalue weighted by Crippen LogP contribution is -2.57. The van der Waals surface area contributed by atoms with Gasteiger partial charge in [-0.2, -0.15) is 0 Å².